The molecule has 0 saturated heterocycles. The Kier molecular flexibility index (Phi) is 3.52. The second-order valence-electron chi connectivity index (χ2n) is 4.76. The number of benzene rings is 1. The molecule has 0 aliphatic heterocycles. The molecule has 0 heterocycles. The van der Waals surface area contributed by atoms with Crippen LogP contribution in [-0.4, -0.2) is 18.8 Å². The van der Waals surface area contributed by atoms with Gasteiger partial charge in [0.05, 0.1) is 0 Å². The summed E-state index contributed by atoms with van der Waals surface area (Å²) in [7, 11) is 0. The highest BCUT2D eigenvalue weighted by atomic mass is 19.4. The van der Waals surface area contributed by atoms with Crippen molar-refractivity contribution in [2.75, 3.05) is 11.4 Å². The van der Waals surface area contributed by atoms with Crippen molar-refractivity contribution in [2.24, 2.45) is 5.73 Å². The molecule has 1 aromatic rings. The number of nitrogens with two attached hydrogens (primary N) is 1. The van der Waals surface area contributed by atoms with Crippen molar-refractivity contribution >= 4 is 5.69 Å². The van der Waals surface area contributed by atoms with Gasteiger partial charge < -0.3 is 10.6 Å². The molecule has 1 aromatic carbocycles. The highest BCUT2D eigenvalue weighted by Gasteiger charge is 2.39. The van der Waals surface area contributed by atoms with Gasteiger partial charge in [-0.3, -0.25) is 0 Å². The fraction of sp³-hybridized carbons (Fsp3) is 0.538. The van der Waals surface area contributed by atoms with Crippen molar-refractivity contribution in [3.63, 3.8) is 0 Å². The molecule has 2 N–H and O–H groups in total. The van der Waals surface area contributed by atoms with E-state index in [0.29, 0.717) is 5.69 Å². The Morgan fingerprint density at radius 2 is 2.00 bits per heavy atom. The second kappa shape index (κ2) is 4.80. The molecule has 2 rings (SSSR count). The normalized spacial score (nSPS) is 15.8. The lowest BCUT2D eigenvalue weighted by Gasteiger charge is -2.29. The van der Waals surface area contributed by atoms with Crippen LogP contribution in [0, 0.1) is 6.92 Å². The first-order valence-electron chi connectivity index (χ1n) is 6.04. The van der Waals surface area contributed by atoms with Gasteiger partial charge in [0.25, 0.3) is 0 Å². The highest BCUT2D eigenvalue weighted by Crippen LogP contribution is 2.37. The Bertz CT molecular complexity index is 425. The summed E-state index contributed by atoms with van der Waals surface area (Å²) in [6.07, 6.45) is -2.53. The van der Waals surface area contributed by atoms with E-state index in [1.807, 2.05) is 19.1 Å². The number of rotatable bonds is 4. The third kappa shape index (κ3) is 2.96. The van der Waals surface area contributed by atoms with Crippen LogP contribution in [0.15, 0.2) is 18.2 Å². The summed E-state index contributed by atoms with van der Waals surface area (Å²) in [6, 6.07) is 5.48. The molecular formula is C13H17F3N2. The first kappa shape index (κ1) is 13.2. The van der Waals surface area contributed by atoms with Gasteiger partial charge >= 0.3 is 6.18 Å². The third-order valence-corrected chi connectivity index (χ3v) is 3.17. The van der Waals surface area contributed by atoms with Gasteiger partial charge in [-0.15, -0.1) is 0 Å². The molecular weight excluding hydrogens is 241 g/mol. The van der Waals surface area contributed by atoms with E-state index in [2.05, 4.69) is 0 Å². The fourth-order valence-corrected chi connectivity index (χ4v) is 2.27. The van der Waals surface area contributed by atoms with E-state index in [-0.39, 0.29) is 12.6 Å². The Balaban J connectivity index is 2.36. The zero-order chi connectivity index (χ0) is 13.3. The van der Waals surface area contributed by atoms with Crippen molar-refractivity contribution in [1.29, 1.82) is 0 Å². The molecule has 0 aromatic heterocycles. The molecule has 0 radical (unpaired) electrons. The minimum atomic E-state index is -4.18. The lowest BCUT2D eigenvalue weighted by Crippen LogP contribution is -2.37. The molecule has 1 saturated carbocycles. The molecule has 1 fully saturated rings. The minimum Gasteiger partial charge on any atom is -0.359 e. The van der Waals surface area contributed by atoms with Crippen LogP contribution >= 0.6 is 0 Å². The predicted molar refractivity (Wildman–Crippen MR) is 65.5 cm³/mol. The number of nitrogens with zero attached hydrogens (tertiary/aromatic N) is 1. The van der Waals surface area contributed by atoms with E-state index < -0.39 is 12.7 Å². The molecule has 0 spiro atoms. The maximum atomic E-state index is 12.7. The van der Waals surface area contributed by atoms with Crippen LogP contribution in [0.3, 0.4) is 0 Å². The van der Waals surface area contributed by atoms with Gasteiger partial charge in [-0.1, -0.05) is 18.2 Å². The molecule has 1 aliphatic rings. The average Bonchev–Trinajstić information content (AvgIpc) is 3.08. The summed E-state index contributed by atoms with van der Waals surface area (Å²) in [6.45, 7) is 1.20. The van der Waals surface area contributed by atoms with Crippen LogP contribution in [0.25, 0.3) is 0 Å². The van der Waals surface area contributed by atoms with Crippen molar-refractivity contribution in [3.8, 4) is 0 Å². The fourth-order valence-electron chi connectivity index (χ4n) is 2.27. The highest BCUT2D eigenvalue weighted by molar-refractivity contribution is 5.61. The lowest BCUT2D eigenvalue weighted by atomic mass is 10.1. The Morgan fingerprint density at radius 1 is 1.33 bits per heavy atom. The first-order chi connectivity index (χ1) is 8.42. The van der Waals surface area contributed by atoms with Crippen LogP contribution in [0.4, 0.5) is 18.9 Å². The molecule has 5 heteroatoms. The number of anilines is 1. The average molecular weight is 258 g/mol. The Morgan fingerprint density at radius 3 is 2.50 bits per heavy atom. The van der Waals surface area contributed by atoms with E-state index in [0.717, 1.165) is 24.0 Å². The van der Waals surface area contributed by atoms with Gasteiger partial charge in [-0.05, 0) is 30.9 Å². The topological polar surface area (TPSA) is 29.3 Å². The molecule has 0 unspecified atom stereocenters. The van der Waals surface area contributed by atoms with Crippen molar-refractivity contribution in [3.05, 3.63) is 29.3 Å². The summed E-state index contributed by atoms with van der Waals surface area (Å²) in [5.74, 6) is 0. The predicted octanol–water partition coefficient (Wildman–Crippen LogP) is 2.98. The van der Waals surface area contributed by atoms with Crippen LogP contribution < -0.4 is 10.6 Å². The van der Waals surface area contributed by atoms with Gasteiger partial charge in [-0.25, -0.2) is 0 Å². The quantitative estimate of drug-likeness (QED) is 0.899. The number of alkyl halides is 3. The number of aryl methyl sites for hydroxylation is 1. The van der Waals surface area contributed by atoms with Gasteiger partial charge in [0.15, 0.2) is 0 Å². The maximum Gasteiger partial charge on any atom is 0.405 e. The van der Waals surface area contributed by atoms with Crippen LogP contribution in [0.5, 0.6) is 0 Å². The van der Waals surface area contributed by atoms with E-state index in [1.54, 1.807) is 6.07 Å². The van der Waals surface area contributed by atoms with E-state index in [1.165, 1.54) is 4.90 Å². The van der Waals surface area contributed by atoms with Gasteiger partial charge in [0.2, 0.25) is 0 Å². The summed E-state index contributed by atoms with van der Waals surface area (Å²) >= 11 is 0. The largest absolute Gasteiger partial charge is 0.405 e. The summed E-state index contributed by atoms with van der Waals surface area (Å²) in [4.78, 5) is 1.47. The standard InChI is InChI=1S/C13H17F3N2/c1-9-3-2-4-10(7-17)12(9)18(11-5-6-11)8-13(14,15)16/h2-4,11H,5-8,17H2,1H3. The number of para-hydroxylation sites is 1. The van der Waals surface area contributed by atoms with Gasteiger partial charge in [0, 0.05) is 18.3 Å². The maximum absolute atomic E-state index is 12.7. The molecule has 2 nitrogen and oxygen atoms in total. The SMILES string of the molecule is Cc1cccc(CN)c1N(CC(F)(F)F)C1CC1. The van der Waals surface area contributed by atoms with Gasteiger partial charge in [-0.2, -0.15) is 13.2 Å². The zero-order valence-electron chi connectivity index (χ0n) is 10.3. The monoisotopic (exact) mass is 258 g/mol. The summed E-state index contributed by atoms with van der Waals surface area (Å²) in [5, 5.41) is 0. The third-order valence-electron chi connectivity index (χ3n) is 3.17. The van der Waals surface area contributed by atoms with E-state index in [9.17, 15) is 13.2 Å². The Hall–Kier alpha value is -1.23. The smallest absolute Gasteiger partial charge is 0.359 e. The minimum absolute atomic E-state index is 0.0121. The molecule has 1 aliphatic carbocycles. The summed E-state index contributed by atoms with van der Waals surface area (Å²) < 4.78 is 38.0. The van der Waals surface area contributed by atoms with E-state index in [4.69, 9.17) is 5.73 Å². The van der Waals surface area contributed by atoms with Crippen molar-refractivity contribution < 1.29 is 13.2 Å². The van der Waals surface area contributed by atoms with Crippen molar-refractivity contribution in [1.82, 2.24) is 0 Å². The Labute approximate surface area is 105 Å². The van der Waals surface area contributed by atoms with Crippen LogP contribution in [0.1, 0.15) is 24.0 Å². The van der Waals surface area contributed by atoms with Gasteiger partial charge in [0.1, 0.15) is 6.54 Å². The number of hydrogen-bond acceptors (Lipinski definition) is 2. The molecule has 18 heavy (non-hydrogen) atoms. The molecule has 100 valence electrons. The first-order valence-corrected chi connectivity index (χ1v) is 6.04. The summed E-state index contributed by atoms with van der Waals surface area (Å²) in [5.41, 5.74) is 7.94. The number of hydrogen-bond donors (Lipinski definition) is 1. The van der Waals surface area contributed by atoms with Crippen LogP contribution in [0.2, 0.25) is 0 Å². The zero-order valence-corrected chi connectivity index (χ0v) is 10.3. The van der Waals surface area contributed by atoms with Crippen molar-refractivity contribution in [2.45, 2.75) is 38.5 Å². The van der Waals surface area contributed by atoms with E-state index >= 15 is 0 Å². The van der Waals surface area contributed by atoms with Crippen LogP contribution in [-0.2, 0) is 6.54 Å². The number of halogens is 3. The molecule has 0 amide bonds. The second-order valence-corrected chi connectivity index (χ2v) is 4.76. The molecule has 0 atom stereocenters. The molecule has 0 bridgehead atoms. The lowest BCUT2D eigenvalue weighted by molar-refractivity contribution is -0.120.